The lowest BCUT2D eigenvalue weighted by atomic mass is 10.1. The van der Waals surface area contributed by atoms with E-state index >= 15 is 0 Å². The topological polar surface area (TPSA) is 89.0 Å². The van der Waals surface area contributed by atoms with Crippen molar-refractivity contribution in [3.8, 4) is 0 Å². The summed E-state index contributed by atoms with van der Waals surface area (Å²) >= 11 is 6.20. The Morgan fingerprint density at radius 1 is 1.07 bits per heavy atom. The number of carbonyl (C=O) groups is 1. The molecular formula is C19H18ClN5O2. The third kappa shape index (κ3) is 4.51. The molecule has 1 heterocycles. The van der Waals surface area contributed by atoms with Crippen LogP contribution in [0.5, 0.6) is 0 Å². The average molecular weight is 384 g/mol. The van der Waals surface area contributed by atoms with Gasteiger partial charge < -0.3 is 15.4 Å². The van der Waals surface area contributed by atoms with E-state index in [2.05, 4.69) is 25.8 Å². The fourth-order valence-electron chi connectivity index (χ4n) is 2.41. The van der Waals surface area contributed by atoms with Crippen LogP contribution in [0.3, 0.4) is 0 Å². The summed E-state index contributed by atoms with van der Waals surface area (Å²) in [4.78, 5) is 16.1. The zero-order valence-corrected chi connectivity index (χ0v) is 15.8. The number of hydrogen-bond donors (Lipinski definition) is 2. The number of hydrogen-bond acceptors (Lipinski definition) is 7. The van der Waals surface area contributed by atoms with Gasteiger partial charge in [-0.1, -0.05) is 23.7 Å². The molecule has 0 aliphatic heterocycles. The van der Waals surface area contributed by atoms with Gasteiger partial charge >= 0.3 is 5.97 Å². The number of anilines is 4. The summed E-state index contributed by atoms with van der Waals surface area (Å²) in [6, 6.07) is 10.9. The van der Waals surface area contributed by atoms with Crippen LogP contribution in [0.1, 0.15) is 21.5 Å². The predicted molar refractivity (Wildman–Crippen MR) is 105 cm³/mol. The number of aromatic nitrogens is 3. The number of methoxy groups -OCH3 is 1. The number of nitrogens with zero attached hydrogens (tertiary/aromatic N) is 3. The van der Waals surface area contributed by atoms with E-state index in [1.54, 1.807) is 18.2 Å². The van der Waals surface area contributed by atoms with Gasteiger partial charge in [0.15, 0.2) is 5.82 Å². The van der Waals surface area contributed by atoms with Gasteiger partial charge in [0.05, 0.1) is 29.6 Å². The molecule has 138 valence electrons. The Labute approximate surface area is 161 Å². The molecule has 0 atom stereocenters. The Hall–Kier alpha value is -3.19. The second-order valence-electron chi connectivity index (χ2n) is 5.92. The van der Waals surface area contributed by atoms with Gasteiger partial charge in [0, 0.05) is 5.69 Å². The van der Waals surface area contributed by atoms with Gasteiger partial charge in [0.2, 0.25) is 5.95 Å². The van der Waals surface area contributed by atoms with Crippen molar-refractivity contribution in [1.29, 1.82) is 0 Å². The minimum Gasteiger partial charge on any atom is -0.465 e. The summed E-state index contributed by atoms with van der Waals surface area (Å²) in [5.74, 6) is 0.315. The lowest BCUT2D eigenvalue weighted by Crippen LogP contribution is -2.05. The quantitative estimate of drug-likeness (QED) is 0.630. The van der Waals surface area contributed by atoms with Crippen molar-refractivity contribution < 1.29 is 9.53 Å². The predicted octanol–water partition coefficient (Wildman–Crippen LogP) is 4.42. The van der Waals surface area contributed by atoms with Crippen molar-refractivity contribution in [2.75, 3.05) is 17.7 Å². The highest BCUT2D eigenvalue weighted by Gasteiger charge is 2.11. The lowest BCUT2D eigenvalue weighted by Gasteiger charge is -2.11. The van der Waals surface area contributed by atoms with E-state index in [9.17, 15) is 4.79 Å². The molecule has 8 heteroatoms. The molecule has 0 spiro atoms. The van der Waals surface area contributed by atoms with Gasteiger partial charge in [-0.05, 0) is 49.2 Å². The number of halogens is 1. The molecule has 2 N–H and O–H groups in total. The van der Waals surface area contributed by atoms with Gasteiger partial charge in [-0.2, -0.15) is 10.1 Å². The Morgan fingerprint density at radius 2 is 1.89 bits per heavy atom. The maximum Gasteiger partial charge on any atom is 0.337 e. The standard InChI is InChI=1S/C19H18ClN5O2/c1-11-4-5-12(2)15(8-11)22-17-10-21-25-19(24-17)23-16-9-13(18(26)27-3)6-7-14(16)20/h4-10H,1-3H3,(H2,22,23,24,25). The summed E-state index contributed by atoms with van der Waals surface area (Å²) in [6.07, 6.45) is 1.53. The van der Waals surface area contributed by atoms with Gasteiger partial charge in [-0.25, -0.2) is 4.79 Å². The van der Waals surface area contributed by atoms with Crippen molar-refractivity contribution in [3.63, 3.8) is 0 Å². The van der Waals surface area contributed by atoms with Crippen LogP contribution in [-0.2, 0) is 4.74 Å². The third-order valence-electron chi connectivity index (χ3n) is 3.85. The Bertz CT molecular complexity index is 994. The summed E-state index contributed by atoms with van der Waals surface area (Å²) in [5, 5.41) is 14.6. The first kappa shape index (κ1) is 18.6. The van der Waals surface area contributed by atoms with Crippen LogP contribution in [0.4, 0.5) is 23.1 Å². The van der Waals surface area contributed by atoms with E-state index in [0.717, 1.165) is 16.8 Å². The maximum absolute atomic E-state index is 11.7. The van der Waals surface area contributed by atoms with Crippen LogP contribution in [0, 0.1) is 13.8 Å². The Kier molecular flexibility index (Phi) is 5.52. The molecule has 7 nitrogen and oxygen atoms in total. The smallest absolute Gasteiger partial charge is 0.337 e. The number of esters is 1. The largest absolute Gasteiger partial charge is 0.465 e. The molecule has 0 saturated carbocycles. The maximum atomic E-state index is 11.7. The third-order valence-corrected chi connectivity index (χ3v) is 4.18. The fraction of sp³-hybridized carbons (Fsp3) is 0.158. The SMILES string of the molecule is COC(=O)c1ccc(Cl)c(Nc2nncc(Nc3cc(C)ccc3C)n2)c1. The van der Waals surface area contributed by atoms with Crippen LogP contribution in [0.2, 0.25) is 5.02 Å². The molecule has 0 amide bonds. The molecule has 0 unspecified atom stereocenters. The molecule has 3 rings (SSSR count). The molecule has 0 saturated heterocycles. The minimum absolute atomic E-state index is 0.245. The van der Waals surface area contributed by atoms with Crippen molar-refractivity contribution in [1.82, 2.24) is 15.2 Å². The number of benzene rings is 2. The van der Waals surface area contributed by atoms with Gasteiger partial charge in [0.25, 0.3) is 0 Å². The second kappa shape index (κ2) is 8.01. The highest BCUT2D eigenvalue weighted by molar-refractivity contribution is 6.33. The number of rotatable bonds is 5. The van der Waals surface area contributed by atoms with E-state index in [4.69, 9.17) is 16.3 Å². The average Bonchev–Trinajstić information content (AvgIpc) is 2.66. The number of ether oxygens (including phenoxy) is 1. The van der Waals surface area contributed by atoms with E-state index < -0.39 is 5.97 Å². The van der Waals surface area contributed by atoms with E-state index in [0.29, 0.717) is 22.1 Å². The zero-order chi connectivity index (χ0) is 19.4. The molecule has 0 aliphatic rings. The van der Waals surface area contributed by atoms with Crippen LogP contribution in [-0.4, -0.2) is 28.3 Å². The molecule has 3 aromatic rings. The van der Waals surface area contributed by atoms with Gasteiger partial charge in [-0.15, -0.1) is 5.10 Å². The molecule has 2 aromatic carbocycles. The van der Waals surface area contributed by atoms with Gasteiger partial charge in [-0.3, -0.25) is 0 Å². The first-order valence-electron chi connectivity index (χ1n) is 8.15. The molecule has 0 fully saturated rings. The molecular weight excluding hydrogens is 366 g/mol. The van der Waals surface area contributed by atoms with E-state index in [1.165, 1.54) is 13.3 Å². The number of aryl methyl sites for hydroxylation is 2. The van der Waals surface area contributed by atoms with Crippen molar-refractivity contribution in [2.24, 2.45) is 0 Å². The molecule has 0 radical (unpaired) electrons. The zero-order valence-electron chi connectivity index (χ0n) is 15.1. The van der Waals surface area contributed by atoms with Gasteiger partial charge in [0.1, 0.15) is 0 Å². The summed E-state index contributed by atoms with van der Waals surface area (Å²) in [7, 11) is 1.32. The number of carbonyl (C=O) groups excluding carboxylic acids is 1. The van der Waals surface area contributed by atoms with E-state index in [1.807, 2.05) is 32.0 Å². The summed E-state index contributed by atoms with van der Waals surface area (Å²) in [6.45, 7) is 4.03. The highest BCUT2D eigenvalue weighted by Crippen LogP contribution is 2.26. The second-order valence-corrected chi connectivity index (χ2v) is 6.33. The Balaban J connectivity index is 1.84. The first-order chi connectivity index (χ1) is 13.0. The summed E-state index contributed by atoms with van der Waals surface area (Å²) < 4.78 is 4.72. The Morgan fingerprint density at radius 3 is 2.67 bits per heavy atom. The highest BCUT2D eigenvalue weighted by atomic mass is 35.5. The van der Waals surface area contributed by atoms with Crippen molar-refractivity contribution in [3.05, 3.63) is 64.3 Å². The van der Waals surface area contributed by atoms with Crippen LogP contribution in [0.25, 0.3) is 0 Å². The molecule has 27 heavy (non-hydrogen) atoms. The monoisotopic (exact) mass is 383 g/mol. The van der Waals surface area contributed by atoms with Crippen LogP contribution >= 0.6 is 11.6 Å². The van der Waals surface area contributed by atoms with E-state index in [-0.39, 0.29) is 5.95 Å². The minimum atomic E-state index is -0.459. The normalized spacial score (nSPS) is 10.4. The first-order valence-corrected chi connectivity index (χ1v) is 8.53. The molecule has 0 aliphatic carbocycles. The van der Waals surface area contributed by atoms with Crippen LogP contribution in [0.15, 0.2) is 42.6 Å². The van der Waals surface area contributed by atoms with Crippen molar-refractivity contribution in [2.45, 2.75) is 13.8 Å². The lowest BCUT2D eigenvalue weighted by molar-refractivity contribution is 0.0601. The van der Waals surface area contributed by atoms with Crippen molar-refractivity contribution >= 4 is 40.7 Å². The number of nitrogens with one attached hydrogen (secondary N) is 2. The molecule has 0 bridgehead atoms. The fourth-order valence-corrected chi connectivity index (χ4v) is 2.58. The molecule has 1 aromatic heterocycles. The summed E-state index contributed by atoms with van der Waals surface area (Å²) in [5.41, 5.74) is 4.00. The van der Waals surface area contributed by atoms with Crippen LogP contribution < -0.4 is 10.6 Å².